The molecule has 11 heteroatoms. The maximum atomic E-state index is 12.3. The molecule has 0 bridgehead atoms. The van der Waals surface area contributed by atoms with Crippen LogP contribution in [-0.2, 0) is 62.1 Å². The number of carbonyl (C=O) groups excluding carboxylic acids is 2. The van der Waals surface area contributed by atoms with E-state index in [0.29, 0.717) is 91.7 Å². The van der Waals surface area contributed by atoms with Crippen LogP contribution < -0.4 is 5.48 Å². The second-order valence-electron chi connectivity index (χ2n) is 12.5. The van der Waals surface area contributed by atoms with Crippen molar-refractivity contribution in [1.82, 2.24) is 10.4 Å². The summed E-state index contributed by atoms with van der Waals surface area (Å²) < 4.78 is 32.9. The van der Waals surface area contributed by atoms with Crippen molar-refractivity contribution in [2.24, 2.45) is 5.92 Å². The van der Waals surface area contributed by atoms with Gasteiger partial charge in [0.25, 0.3) is 5.91 Å². The zero-order valence-electron chi connectivity index (χ0n) is 30.2. The van der Waals surface area contributed by atoms with Gasteiger partial charge in [-0.15, -0.1) is 0 Å². The number of amides is 1. The Kier molecular flexibility index (Phi) is 23.1. The van der Waals surface area contributed by atoms with Crippen LogP contribution in [0.1, 0.15) is 62.1 Å². The van der Waals surface area contributed by atoms with Gasteiger partial charge in [-0.3, -0.25) is 9.69 Å². The molecule has 1 aliphatic rings. The molecule has 0 saturated carbocycles. The molecule has 2 aromatic carbocycles. The number of hydrogen-bond acceptors (Lipinski definition) is 10. The van der Waals surface area contributed by atoms with Gasteiger partial charge in [-0.05, 0) is 74.5 Å². The second-order valence-corrected chi connectivity index (χ2v) is 12.5. The van der Waals surface area contributed by atoms with Gasteiger partial charge >= 0.3 is 5.97 Å². The van der Waals surface area contributed by atoms with Gasteiger partial charge < -0.3 is 33.3 Å². The van der Waals surface area contributed by atoms with Gasteiger partial charge in [0.1, 0.15) is 0 Å². The fourth-order valence-corrected chi connectivity index (χ4v) is 5.57. The first-order valence-corrected chi connectivity index (χ1v) is 18.4. The molecule has 0 aliphatic carbocycles. The molecule has 1 N–H and O–H groups in total. The standard InChI is InChI=1S/C39H60N2O9/c1-2-44-22-23-45-24-25-46-26-27-47-28-29-48-30-31-49-33-41-20-18-36(19-21-41)16-17-39(43)50-40-38(42)32-37-14-12-35(13-15-37)11-7-6-10-34-8-4-3-5-9-34/h3-5,8-9,12-15,36H,2,6-7,10-11,16-33H2,1H3,(H,40,42). The van der Waals surface area contributed by atoms with Crippen LogP contribution in [0, 0.1) is 5.92 Å². The summed E-state index contributed by atoms with van der Waals surface area (Å²) in [6.07, 6.45) is 7.60. The van der Waals surface area contributed by atoms with Gasteiger partial charge in [-0.1, -0.05) is 54.6 Å². The Morgan fingerprint density at radius 3 is 1.72 bits per heavy atom. The highest BCUT2D eigenvalue weighted by molar-refractivity contribution is 5.79. The number of unbranched alkanes of at least 4 members (excludes halogenated alkanes) is 1. The normalized spacial score (nSPS) is 13.8. The summed E-state index contributed by atoms with van der Waals surface area (Å²) in [4.78, 5) is 31.9. The van der Waals surface area contributed by atoms with Crippen molar-refractivity contribution in [1.29, 1.82) is 0 Å². The van der Waals surface area contributed by atoms with Crippen molar-refractivity contribution in [2.45, 2.75) is 64.7 Å². The highest BCUT2D eigenvalue weighted by atomic mass is 16.7. The van der Waals surface area contributed by atoms with Crippen molar-refractivity contribution < 1.29 is 42.8 Å². The minimum Gasteiger partial charge on any atom is -0.379 e. The van der Waals surface area contributed by atoms with Crippen LogP contribution in [0.3, 0.4) is 0 Å². The number of piperidine rings is 1. The third-order valence-electron chi connectivity index (χ3n) is 8.49. The van der Waals surface area contributed by atoms with E-state index in [-0.39, 0.29) is 12.3 Å². The highest BCUT2D eigenvalue weighted by Gasteiger charge is 2.20. The molecule has 0 radical (unpaired) electrons. The highest BCUT2D eigenvalue weighted by Crippen LogP contribution is 2.22. The lowest BCUT2D eigenvalue weighted by molar-refractivity contribution is -0.158. The van der Waals surface area contributed by atoms with Crippen molar-refractivity contribution in [3.8, 4) is 0 Å². The maximum Gasteiger partial charge on any atom is 0.332 e. The van der Waals surface area contributed by atoms with Gasteiger partial charge in [-0.2, -0.15) is 5.48 Å². The quantitative estimate of drug-likeness (QED) is 0.0968. The minimum atomic E-state index is -0.399. The monoisotopic (exact) mass is 700 g/mol. The Labute approximate surface area is 299 Å². The smallest absolute Gasteiger partial charge is 0.332 e. The number of aryl methyl sites for hydroxylation is 2. The second kappa shape index (κ2) is 27.8. The molecular weight excluding hydrogens is 640 g/mol. The number of ether oxygens (including phenoxy) is 6. The van der Waals surface area contributed by atoms with E-state index in [2.05, 4.69) is 46.8 Å². The molecule has 0 spiro atoms. The molecule has 280 valence electrons. The van der Waals surface area contributed by atoms with E-state index in [1.807, 2.05) is 25.1 Å². The van der Waals surface area contributed by atoms with E-state index in [1.165, 1.54) is 11.1 Å². The van der Waals surface area contributed by atoms with Crippen LogP contribution in [-0.4, -0.2) is 109 Å². The molecule has 1 saturated heterocycles. The largest absolute Gasteiger partial charge is 0.379 e. The number of carbonyl (C=O) groups is 2. The summed E-state index contributed by atoms with van der Waals surface area (Å²) in [6, 6.07) is 18.6. The molecule has 1 heterocycles. The van der Waals surface area contributed by atoms with E-state index in [9.17, 15) is 9.59 Å². The summed E-state index contributed by atoms with van der Waals surface area (Å²) in [6.45, 7) is 10.6. The molecular formula is C39H60N2O9. The Hall–Kier alpha value is -2.90. The number of hydroxylamine groups is 1. The minimum absolute atomic E-state index is 0.173. The van der Waals surface area contributed by atoms with E-state index in [4.69, 9.17) is 33.3 Å². The lowest BCUT2D eigenvalue weighted by Crippen LogP contribution is -2.36. The summed E-state index contributed by atoms with van der Waals surface area (Å²) in [7, 11) is 0. The predicted octanol–water partition coefficient (Wildman–Crippen LogP) is 4.94. The first-order chi connectivity index (χ1) is 24.6. The zero-order chi connectivity index (χ0) is 35.3. The molecule has 1 fully saturated rings. The summed E-state index contributed by atoms with van der Waals surface area (Å²) >= 11 is 0. The first-order valence-electron chi connectivity index (χ1n) is 18.4. The number of hydrogen-bond donors (Lipinski definition) is 1. The van der Waals surface area contributed by atoms with Crippen molar-refractivity contribution in [2.75, 3.05) is 92.5 Å². The SMILES string of the molecule is CCOCCOCCOCCOCCOCCOCN1CCC(CCC(=O)ONC(=O)Cc2ccc(CCCCc3ccccc3)cc2)CC1. The van der Waals surface area contributed by atoms with Gasteiger partial charge in [0.05, 0.1) is 79.2 Å². The molecule has 1 aliphatic heterocycles. The van der Waals surface area contributed by atoms with Crippen molar-refractivity contribution >= 4 is 11.9 Å². The molecule has 0 aromatic heterocycles. The lowest BCUT2D eigenvalue weighted by atomic mass is 9.92. The van der Waals surface area contributed by atoms with Gasteiger partial charge in [0.15, 0.2) is 0 Å². The van der Waals surface area contributed by atoms with Crippen LogP contribution in [0.5, 0.6) is 0 Å². The number of benzene rings is 2. The lowest BCUT2D eigenvalue weighted by Gasteiger charge is -2.31. The maximum absolute atomic E-state index is 12.3. The molecule has 1 amide bonds. The zero-order valence-corrected chi connectivity index (χ0v) is 30.2. The van der Waals surface area contributed by atoms with E-state index in [0.717, 1.165) is 63.6 Å². The van der Waals surface area contributed by atoms with Crippen LogP contribution in [0.25, 0.3) is 0 Å². The van der Waals surface area contributed by atoms with Crippen molar-refractivity contribution in [3.05, 3.63) is 71.3 Å². The third kappa shape index (κ3) is 20.7. The summed E-state index contributed by atoms with van der Waals surface area (Å²) in [5.41, 5.74) is 5.85. The molecule has 3 rings (SSSR count). The number of nitrogens with zero attached hydrogens (tertiary/aromatic N) is 1. The van der Waals surface area contributed by atoms with Crippen molar-refractivity contribution in [3.63, 3.8) is 0 Å². The molecule has 50 heavy (non-hydrogen) atoms. The Bertz CT molecular complexity index is 1130. The van der Waals surface area contributed by atoms with Crippen LogP contribution in [0.15, 0.2) is 54.6 Å². The Balaban J connectivity index is 1.08. The fraction of sp³-hybridized carbons (Fsp3) is 0.641. The topological polar surface area (TPSA) is 114 Å². The third-order valence-corrected chi connectivity index (χ3v) is 8.49. The van der Waals surface area contributed by atoms with Gasteiger partial charge in [0.2, 0.25) is 0 Å². The van der Waals surface area contributed by atoms with E-state index >= 15 is 0 Å². The number of likely N-dealkylation sites (tertiary alicyclic amines) is 1. The average molecular weight is 701 g/mol. The number of rotatable bonds is 28. The summed E-state index contributed by atoms with van der Waals surface area (Å²) in [5.74, 6) is -0.267. The molecule has 11 nitrogen and oxygen atoms in total. The van der Waals surface area contributed by atoms with Gasteiger partial charge in [-0.25, -0.2) is 4.79 Å². The first kappa shape index (κ1) is 41.5. The number of nitrogens with one attached hydrogen (secondary N) is 1. The van der Waals surface area contributed by atoms with Gasteiger partial charge in [0, 0.05) is 26.1 Å². The van der Waals surface area contributed by atoms with Crippen LogP contribution in [0.2, 0.25) is 0 Å². The molecule has 2 aromatic rings. The van der Waals surface area contributed by atoms with E-state index in [1.54, 1.807) is 0 Å². The fourth-order valence-electron chi connectivity index (χ4n) is 5.57. The van der Waals surface area contributed by atoms with Crippen LogP contribution >= 0.6 is 0 Å². The Morgan fingerprint density at radius 2 is 1.16 bits per heavy atom. The average Bonchev–Trinajstić information content (AvgIpc) is 3.14. The van der Waals surface area contributed by atoms with Crippen LogP contribution in [0.4, 0.5) is 0 Å². The molecule has 0 atom stereocenters. The predicted molar refractivity (Wildman–Crippen MR) is 192 cm³/mol. The molecule has 0 unspecified atom stereocenters. The Morgan fingerprint density at radius 1 is 0.660 bits per heavy atom. The summed E-state index contributed by atoms with van der Waals surface area (Å²) in [5, 5.41) is 0. The van der Waals surface area contributed by atoms with E-state index < -0.39 is 5.97 Å².